The summed E-state index contributed by atoms with van der Waals surface area (Å²) in [4.78, 5) is 4.12. The third kappa shape index (κ3) is 0.750. The van der Waals surface area contributed by atoms with Gasteiger partial charge in [-0.2, -0.15) is 0 Å². The van der Waals surface area contributed by atoms with E-state index < -0.39 is 0 Å². The second-order valence-corrected chi connectivity index (χ2v) is 3.09. The summed E-state index contributed by atoms with van der Waals surface area (Å²) in [5.74, 6) is 0. The molecule has 0 saturated carbocycles. The SMILES string of the molecule is Cc1nc2nnncc2s1. The molecule has 4 nitrogen and oxygen atoms in total. The van der Waals surface area contributed by atoms with Crippen LogP contribution in [0.1, 0.15) is 5.01 Å². The van der Waals surface area contributed by atoms with Crippen LogP contribution in [0, 0.1) is 6.92 Å². The van der Waals surface area contributed by atoms with Crippen LogP contribution < -0.4 is 0 Å². The van der Waals surface area contributed by atoms with Crippen molar-refractivity contribution >= 4 is 21.7 Å². The van der Waals surface area contributed by atoms with Gasteiger partial charge in [0.2, 0.25) is 0 Å². The molecule has 50 valence electrons. The summed E-state index contributed by atoms with van der Waals surface area (Å²) in [5, 5.41) is 11.8. The van der Waals surface area contributed by atoms with Crippen molar-refractivity contribution in [2.24, 2.45) is 0 Å². The highest BCUT2D eigenvalue weighted by Gasteiger charge is 1.99. The molecule has 0 aliphatic rings. The lowest BCUT2D eigenvalue weighted by Gasteiger charge is -1.77. The van der Waals surface area contributed by atoms with E-state index in [9.17, 15) is 0 Å². The Hall–Kier alpha value is -1.10. The molecule has 0 aliphatic heterocycles. The van der Waals surface area contributed by atoms with Crippen molar-refractivity contribution in [2.75, 3.05) is 0 Å². The summed E-state index contributed by atoms with van der Waals surface area (Å²) in [6.45, 7) is 1.94. The number of aromatic nitrogens is 4. The van der Waals surface area contributed by atoms with Gasteiger partial charge in [-0.05, 0) is 12.1 Å². The van der Waals surface area contributed by atoms with Gasteiger partial charge in [-0.25, -0.2) is 4.98 Å². The molecular weight excluding hydrogens is 148 g/mol. The second kappa shape index (κ2) is 1.95. The third-order valence-corrected chi connectivity index (χ3v) is 2.00. The smallest absolute Gasteiger partial charge is 0.196 e. The van der Waals surface area contributed by atoms with E-state index in [0.717, 1.165) is 9.71 Å². The maximum Gasteiger partial charge on any atom is 0.196 e. The third-order valence-electron chi connectivity index (χ3n) is 1.11. The zero-order valence-corrected chi connectivity index (χ0v) is 6.09. The van der Waals surface area contributed by atoms with Crippen molar-refractivity contribution in [1.82, 2.24) is 20.4 Å². The minimum atomic E-state index is 0.692. The van der Waals surface area contributed by atoms with Crippen LogP contribution in [-0.4, -0.2) is 20.4 Å². The van der Waals surface area contributed by atoms with Crippen LogP contribution in [-0.2, 0) is 0 Å². The topological polar surface area (TPSA) is 51.6 Å². The van der Waals surface area contributed by atoms with E-state index >= 15 is 0 Å². The van der Waals surface area contributed by atoms with Crippen LogP contribution in [0.5, 0.6) is 0 Å². The highest BCUT2D eigenvalue weighted by atomic mass is 32.1. The van der Waals surface area contributed by atoms with Gasteiger partial charge < -0.3 is 0 Å². The van der Waals surface area contributed by atoms with Crippen LogP contribution in [0.25, 0.3) is 10.3 Å². The van der Waals surface area contributed by atoms with Gasteiger partial charge in [0.05, 0.1) is 15.9 Å². The summed E-state index contributed by atoms with van der Waals surface area (Å²) in [6.07, 6.45) is 1.67. The van der Waals surface area contributed by atoms with Crippen LogP contribution in [0.2, 0.25) is 0 Å². The van der Waals surface area contributed by atoms with Crippen molar-refractivity contribution in [2.45, 2.75) is 6.92 Å². The molecule has 0 atom stereocenters. The molecule has 0 bridgehead atoms. The van der Waals surface area contributed by atoms with Gasteiger partial charge >= 0.3 is 0 Å². The van der Waals surface area contributed by atoms with E-state index in [4.69, 9.17) is 0 Å². The second-order valence-electron chi connectivity index (χ2n) is 1.85. The molecule has 0 radical (unpaired) electrons. The molecule has 2 aromatic heterocycles. The summed E-state index contributed by atoms with van der Waals surface area (Å²) in [7, 11) is 0. The average molecular weight is 152 g/mol. The van der Waals surface area contributed by atoms with E-state index in [1.165, 1.54) is 0 Å². The number of nitrogens with zero attached hydrogens (tertiary/aromatic N) is 4. The maximum atomic E-state index is 4.12. The zero-order chi connectivity index (χ0) is 6.97. The van der Waals surface area contributed by atoms with Crippen LogP contribution in [0.15, 0.2) is 6.20 Å². The normalized spacial score (nSPS) is 10.5. The van der Waals surface area contributed by atoms with Crippen molar-refractivity contribution < 1.29 is 0 Å². The maximum absolute atomic E-state index is 4.12. The first-order valence-electron chi connectivity index (χ1n) is 2.78. The van der Waals surface area contributed by atoms with Crippen molar-refractivity contribution in [3.05, 3.63) is 11.2 Å². The van der Waals surface area contributed by atoms with Crippen LogP contribution >= 0.6 is 11.3 Å². The van der Waals surface area contributed by atoms with E-state index in [1.807, 2.05) is 6.92 Å². The molecule has 2 rings (SSSR count). The molecule has 0 aromatic carbocycles. The van der Waals surface area contributed by atoms with Crippen LogP contribution in [0.4, 0.5) is 0 Å². The number of thiazole rings is 1. The fourth-order valence-electron chi connectivity index (χ4n) is 0.734. The van der Waals surface area contributed by atoms with Gasteiger partial charge in [-0.15, -0.1) is 21.5 Å². The molecular formula is C5H4N4S. The number of hydrogen-bond donors (Lipinski definition) is 0. The van der Waals surface area contributed by atoms with E-state index in [1.54, 1.807) is 17.5 Å². The van der Waals surface area contributed by atoms with Gasteiger partial charge in [0.25, 0.3) is 0 Å². The minimum Gasteiger partial charge on any atom is -0.220 e. The molecule has 0 spiro atoms. The number of hydrogen-bond acceptors (Lipinski definition) is 5. The van der Waals surface area contributed by atoms with E-state index in [-0.39, 0.29) is 0 Å². The Morgan fingerprint density at radius 3 is 3.20 bits per heavy atom. The number of rotatable bonds is 0. The van der Waals surface area contributed by atoms with Gasteiger partial charge in [-0.3, -0.25) is 0 Å². The van der Waals surface area contributed by atoms with Gasteiger partial charge in [0.1, 0.15) is 0 Å². The van der Waals surface area contributed by atoms with Crippen LogP contribution in [0.3, 0.4) is 0 Å². The van der Waals surface area contributed by atoms with E-state index in [2.05, 4.69) is 20.4 Å². The van der Waals surface area contributed by atoms with Gasteiger partial charge in [0, 0.05) is 0 Å². The summed E-state index contributed by atoms with van der Waals surface area (Å²) >= 11 is 1.58. The largest absolute Gasteiger partial charge is 0.220 e. The molecule has 10 heavy (non-hydrogen) atoms. The molecule has 0 amide bonds. The van der Waals surface area contributed by atoms with Gasteiger partial charge in [0.15, 0.2) is 5.65 Å². The molecule has 0 aliphatic carbocycles. The first-order chi connectivity index (χ1) is 4.86. The van der Waals surface area contributed by atoms with Gasteiger partial charge in [-0.1, -0.05) is 0 Å². The Morgan fingerprint density at radius 1 is 1.50 bits per heavy atom. The zero-order valence-electron chi connectivity index (χ0n) is 5.27. The lowest BCUT2D eigenvalue weighted by Crippen LogP contribution is -1.83. The molecule has 0 N–H and O–H groups in total. The lowest BCUT2D eigenvalue weighted by atomic mass is 10.6. The van der Waals surface area contributed by atoms with Crippen molar-refractivity contribution in [3.8, 4) is 0 Å². The monoisotopic (exact) mass is 152 g/mol. The predicted molar refractivity (Wildman–Crippen MR) is 37.7 cm³/mol. The summed E-state index contributed by atoms with van der Waals surface area (Å²) < 4.78 is 0.993. The molecule has 2 aromatic rings. The Balaban J connectivity index is 2.88. The molecule has 0 unspecified atom stereocenters. The lowest BCUT2D eigenvalue weighted by molar-refractivity contribution is 0.888. The Kier molecular flexibility index (Phi) is 1.10. The minimum absolute atomic E-state index is 0.692. The Morgan fingerprint density at radius 2 is 2.40 bits per heavy atom. The van der Waals surface area contributed by atoms with Crippen molar-refractivity contribution in [1.29, 1.82) is 0 Å². The fraction of sp³-hybridized carbons (Fsp3) is 0.200. The highest BCUT2D eigenvalue weighted by Crippen LogP contribution is 2.16. The predicted octanol–water partition coefficient (Wildman–Crippen LogP) is 0.790. The fourth-order valence-corrected chi connectivity index (χ4v) is 1.46. The standard InChI is InChI=1S/C5H4N4S/c1-3-7-5-4(10-3)2-6-9-8-5/h2H,1H3. The average Bonchev–Trinajstić information content (AvgIpc) is 2.27. The molecule has 0 saturated heterocycles. The summed E-state index contributed by atoms with van der Waals surface area (Å²) in [5.41, 5.74) is 0.692. The molecule has 0 fully saturated rings. The molecule has 2 heterocycles. The summed E-state index contributed by atoms with van der Waals surface area (Å²) in [6, 6.07) is 0. The first kappa shape index (κ1) is 5.67. The number of aryl methyl sites for hydroxylation is 1. The van der Waals surface area contributed by atoms with E-state index in [0.29, 0.717) is 5.65 Å². The van der Waals surface area contributed by atoms with Crippen molar-refractivity contribution in [3.63, 3.8) is 0 Å². The number of fused-ring (bicyclic) bond motifs is 1. The Labute approximate surface area is 60.9 Å². The molecule has 5 heteroatoms. The Bertz CT molecular complexity index is 322. The first-order valence-corrected chi connectivity index (χ1v) is 3.59. The highest BCUT2D eigenvalue weighted by molar-refractivity contribution is 7.18. The quantitative estimate of drug-likeness (QED) is 0.560.